The maximum Gasteiger partial charge on any atom is 0.168 e. The highest BCUT2D eigenvalue weighted by Gasteiger charge is 2.08. The van der Waals surface area contributed by atoms with Crippen molar-refractivity contribution < 1.29 is 17.0 Å². The van der Waals surface area contributed by atoms with E-state index in [1.165, 1.54) is 0 Å². The molecular formula is C16H16Cl2N6. The number of aromatic nitrogens is 3. The Labute approximate surface area is 151 Å². The van der Waals surface area contributed by atoms with Crippen LogP contribution in [0.25, 0.3) is 0 Å². The molecule has 0 aliphatic heterocycles. The molecule has 0 aliphatic rings. The molecule has 0 aliphatic carbocycles. The molecule has 2 aromatic heterocycles. The number of anilines is 1. The van der Waals surface area contributed by atoms with Crippen molar-refractivity contribution in [1.82, 2.24) is 9.78 Å². The molecular weight excluding hydrogens is 347 g/mol. The Hall–Kier alpha value is -2.44. The summed E-state index contributed by atoms with van der Waals surface area (Å²) in [4.78, 5) is 0. The summed E-state index contributed by atoms with van der Waals surface area (Å²) < 4.78 is 3.67. The van der Waals surface area contributed by atoms with Gasteiger partial charge in [0.05, 0.1) is 18.4 Å². The maximum absolute atomic E-state index is 6.09. The molecule has 1 aromatic carbocycles. The lowest BCUT2D eigenvalue weighted by atomic mass is 10.3. The van der Waals surface area contributed by atoms with E-state index >= 15 is 0 Å². The molecule has 0 radical (unpaired) electrons. The third kappa shape index (κ3) is 4.31. The fourth-order valence-corrected chi connectivity index (χ4v) is 2.23. The van der Waals surface area contributed by atoms with Crippen molar-refractivity contribution in [3.8, 4) is 0 Å². The largest absolute Gasteiger partial charge is 1.00 e. The quantitative estimate of drug-likeness (QED) is 0.539. The Morgan fingerprint density at radius 2 is 1.96 bits per heavy atom. The molecule has 2 heterocycles. The highest BCUT2D eigenvalue weighted by molar-refractivity contribution is 6.30. The molecule has 0 saturated heterocycles. The minimum atomic E-state index is 0. The summed E-state index contributed by atoms with van der Waals surface area (Å²) in [7, 11) is 1.97. The Kier molecular flexibility index (Phi) is 5.89. The summed E-state index contributed by atoms with van der Waals surface area (Å²) in [5, 5.41) is 13.2. The molecule has 2 N–H and O–H groups in total. The first-order chi connectivity index (χ1) is 11.1. The summed E-state index contributed by atoms with van der Waals surface area (Å²) >= 11 is 5.92. The Morgan fingerprint density at radius 3 is 2.67 bits per heavy atom. The number of pyridine rings is 1. The fourth-order valence-electron chi connectivity index (χ4n) is 2.05. The monoisotopic (exact) mass is 362 g/mol. The van der Waals surface area contributed by atoms with Crippen molar-refractivity contribution in [3.63, 3.8) is 0 Å². The van der Waals surface area contributed by atoms with E-state index < -0.39 is 0 Å². The first-order valence-electron chi connectivity index (χ1n) is 7.04. The second kappa shape index (κ2) is 7.90. The van der Waals surface area contributed by atoms with Crippen molar-refractivity contribution >= 4 is 28.8 Å². The lowest BCUT2D eigenvalue weighted by molar-refractivity contribution is -0.671. The van der Waals surface area contributed by atoms with Gasteiger partial charge in [0.15, 0.2) is 12.4 Å². The molecule has 24 heavy (non-hydrogen) atoms. The van der Waals surface area contributed by atoms with Crippen LogP contribution in [-0.4, -0.2) is 9.78 Å². The van der Waals surface area contributed by atoms with Crippen molar-refractivity contribution in [2.24, 2.45) is 17.3 Å². The molecule has 3 rings (SSSR count). The predicted molar refractivity (Wildman–Crippen MR) is 89.0 cm³/mol. The van der Waals surface area contributed by atoms with E-state index in [9.17, 15) is 0 Å². The zero-order valence-electron chi connectivity index (χ0n) is 13.0. The average Bonchev–Trinajstić information content (AvgIpc) is 2.88. The lowest BCUT2D eigenvalue weighted by Gasteiger charge is -2.03. The van der Waals surface area contributed by atoms with Crippen molar-refractivity contribution in [1.29, 1.82) is 0 Å². The SMILES string of the molecule is C[n+]1ccc(Cn2ncc(/N=N/c3cccc(Cl)c3)c2N)cc1.[Cl-]. The van der Waals surface area contributed by atoms with Crippen LogP contribution in [0.15, 0.2) is 65.2 Å². The van der Waals surface area contributed by atoms with Crippen molar-refractivity contribution in [2.45, 2.75) is 6.54 Å². The Bertz CT molecular complexity index is 842. The molecule has 3 aromatic rings. The van der Waals surface area contributed by atoms with Gasteiger partial charge < -0.3 is 18.1 Å². The van der Waals surface area contributed by atoms with Crippen LogP contribution in [0.4, 0.5) is 17.2 Å². The number of nitrogens with zero attached hydrogens (tertiary/aromatic N) is 5. The minimum absolute atomic E-state index is 0. The summed E-state index contributed by atoms with van der Waals surface area (Å²) in [6.45, 7) is 0.583. The van der Waals surface area contributed by atoms with E-state index in [2.05, 4.69) is 15.3 Å². The number of halogens is 2. The highest BCUT2D eigenvalue weighted by atomic mass is 35.5. The smallest absolute Gasteiger partial charge is 0.168 e. The third-order valence-electron chi connectivity index (χ3n) is 3.32. The number of rotatable bonds is 4. The van der Waals surface area contributed by atoms with Crippen LogP contribution in [0.2, 0.25) is 5.02 Å². The molecule has 0 unspecified atom stereocenters. The number of benzene rings is 1. The van der Waals surface area contributed by atoms with Gasteiger partial charge >= 0.3 is 0 Å². The first-order valence-corrected chi connectivity index (χ1v) is 7.42. The van der Waals surface area contributed by atoms with Gasteiger partial charge in [0.25, 0.3) is 0 Å². The van der Waals surface area contributed by atoms with E-state index in [1.807, 2.05) is 48.3 Å². The highest BCUT2D eigenvalue weighted by Crippen LogP contribution is 2.25. The fraction of sp³-hybridized carbons (Fsp3) is 0.125. The van der Waals surface area contributed by atoms with Crippen LogP contribution in [-0.2, 0) is 13.6 Å². The van der Waals surface area contributed by atoms with Crippen molar-refractivity contribution in [3.05, 3.63) is 65.6 Å². The third-order valence-corrected chi connectivity index (χ3v) is 3.56. The number of nitrogen functional groups attached to an aromatic ring is 1. The number of nitrogens with two attached hydrogens (primary N) is 1. The van der Waals surface area contributed by atoms with Crippen LogP contribution in [0, 0.1) is 0 Å². The maximum atomic E-state index is 6.09. The summed E-state index contributed by atoms with van der Waals surface area (Å²) in [6.07, 6.45) is 5.57. The molecule has 0 amide bonds. The van der Waals surface area contributed by atoms with Gasteiger partial charge in [-0.15, -0.1) is 5.11 Å². The van der Waals surface area contributed by atoms with E-state index in [0.717, 1.165) is 5.56 Å². The molecule has 0 bridgehead atoms. The predicted octanol–water partition coefficient (Wildman–Crippen LogP) is 0.411. The van der Waals surface area contributed by atoms with Crippen molar-refractivity contribution in [2.75, 3.05) is 5.73 Å². The molecule has 0 spiro atoms. The van der Waals surface area contributed by atoms with Crippen LogP contribution in [0.3, 0.4) is 0 Å². The second-order valence-corrected chi connectivity index (χ2v) is 5.56. The van der Waals surface area contributed by atoms with Gasteiger partial charge in [-0.25, -0.2) is 9.25 Å². The molecule has 124 valence electrons. The van der Waals surface area contributed by atoms with Gasteiger partial charge in [-0.3, -0.25) is 0 Å². The Morgan fingerprint density at radius 1 is 1.21 bits per heavy atom. The number of aryl methyl sites for hydroxylation is 1. The molecule has 8 heteroatoms. The standard InChI is InChI=1S/C16H16ClN6.ClH/c1-22-7-5-12(6-8-22)11-23-16(18)15(10-19-23)21-20-14-4-2-3-13(17)9-14;/h2-10H,11,18H2,1H3;1H/q+1;/p-1/b21-20+;. The van der Waals surface area contributed by atoms with Gasteiger partial charge in [0.1, 0.15) is 18.6 Å². The zero-order valence-corrected chi connectivity index (χ0v) is 14.5. The first kappa shape index (κ1) is 17.9. The normalized spacial score (nSPS) is 10.8. The van der Waals surface area contributed by atoms with Gasteiger partial charge in [-0.2, -0.15) is 10.2 Å². The second-order valence-electron chi connectivity index (χ2n) is 5.12. The van der Waals surface area contributed by atoms with Gasteiger partial charge in [-0.05, 0) is 23.8 Å². The Balaban J connectivity index is 0.00000208. The van der Waals surface area contributed by atoms with Crippen LogP contribution >= 0.6 is 11.6 Å². The van der Waals surface area contributed by atoms with Gasteiger partial charge in [-0.1, -0.05) is 17.7 Å². The average molecular weight is 363 g/mol. The molecule has 6 nitrogen and oxygen atoms in total. The number of azo groups is 1. The molecule has 0 saturated carbocycles. The lowest BCUT2D eigenvalue weighted by Crippen LogP contribution is -3.00. The van der Waals surface area contributed by atoms with E-state index in [4.69, 9.17) is 17.3 Å². The molecule has 0 fully saturated rings. The topological polar surface area (TPSA) is 72.4 Å². The summed E-state index contributed by atoms with van der Waals surface area (Å²) in [6, 6.07) is 11.2. The van der Waals surface area contributed by atoms with E-state index in [-0.39, 0.29) is 12.4 Å². The molecule has 0 atom stereocenters. The summed E-state index contributed by atoms with van der Waals surface area (Å²) in [5.41, 5.74) is 8.40. The van der Waals surface area contributed by atoms with Crippen LogP contribution in [0.1, 0.15) is 5.56 Å². The van der Waals surface area contributed by atoms with Gasteiger partial charge in [0.2, 0.25) is 0 Å². The summed E-state index contributed by atoms with van der Waals surface area (Å²) in [5.74, 6) is 0.476. The minimum Gasteiger partial charge on any atom is -1.00 e. The zero-order chi connectivity index (χ0) is 16.2. The number of hydrogen-bond acceptors (Lipinski definition) is 4. The number of hydrogen-bond donors (Lipinski definition) is 1. The van der Waals surface area contributed by atoms with Crippen LogP contribution in [0.5, 0.6) is 0 Å². The van der Waals surface area contributed by atoms with E-state index in [1.54, 1.807) is 23.0 Å². The van der Waals surface area contributed by atoms with Crippen LogP contribution < -0.4 is 22.7 Å². The van der Waals surface area contributed by atoms with E-state index in [0.29, 0.717) is 28.8 Å². The van der Waals surface area contributed by atoms with Gasteiger partial charge in [0, 0.05) is 17.2 Å².